The first kappa shape index (κ1) is 28.8. The summed E-state index contributed by atoms with van der Waals surface area (Å²) >= 11 is 0. The zero-order valence-corrected chi connectivity index (χ0v) is 26.8. The molecule has 0 atom stereocenters. The summed E-state index contributed by atoms with van der Waals surface area (Å²) in [6.07, 6.45) is 21.0. The third kappa shape index (κ3) is 5.05. The third-order valence-electron chi connectivity index (χ3n) is 11.4. The van der Waals surface area contributed by atoms with E-state index in [9.17, 15) is 0 Å². The molecule has 0 radical (unpaired) electrons. The van der Waals surface area contributed by atoms with Gasteiger partial charge in [-0.15, -0.1) is 0 Å². The molecule has 2 fully saturated rings. The summed E-state index contributed by atoms with van der Waals surface area (Å²) in [4.78, 5) is 0. The number of hydrogen-bond acceptors (Lipinski definition) is 0. The van der Waals surface area contributed by atoms with Crippen molar-refractivity contribution >= 4 is 34.4 Å². The van der Waals surface area contributed by atoms with Gasteiger partial charge < -0.3 is 0 Å². The number of hydrogen-bond donors (Lipinski definition) is 0. The molecule has 2 heteroatoms. The van der Waals surface area contributed by atoms with E-state index < -0.39 is 13.2 Å². The Bertz CT molecular complexity index is 1170. The molecule has 4 aromatic rings. The standard InChI is InChI=1S/C39H50P2/c1(2-16-30-40(32-18-19-33-40,36-22-8-4-9-23-36)37-24-10-5-11-25-37)3-17-31-41(34-20-21-35-41,38-26-12-6-13-27-38)39-28-14-7-15-29-39/h4-15,22-29H,1-3,16-21,30-35H2. The Morgan fingerprint density at radius 1 is 0.317 bits per heavy atom. The van der Waals surface area contributed by atoms with Gasteiger partial charge in [0.15, 0.2) is 0 Å². The molecule has 0 spiro atoms. The van der Waals surface area contributed by atoms with Gasteiger partial charge in [-0.3, -0.25) is 0 Å². The predicted molar refractivity (Wildman–Crippen MR) is 189 cm³/mol. The van der Waals surface area contributed by atoms with Crippen molar-refractivity contribution in [1.29, 1.82) is 0 Å². The van der Waals surface area contributed by atoms with Crippen molar-refractivity contribution in [2.24, 2.45) is 0 Å². The van der Waals surface area contributed by atoms with E-state index in [4.69, 9.17) is 0 Å². The van der Waals surface area contributed by atoms with Crippen LogP contribution in [0.4, 0.5) is 0 Å². The van der Waals surface area contributed by atoms with Crippen LogP contribution in [0.3, 0.4) is 0 Å². The van der Waals surface area contributed by atoms with Crippen LogP contribution in [0.2, 0.25) is 0 Å². The first-order valence-electron chi connectivity index (χ1n) is 16.4. The van der Waals surface area contributed by atoms with E-state index >= 15 is 0 Å². The molecule has 41 heavy (non-hydrogen) atoms. The fraction of sp³-hybridized carbons (Fsp3) is 0.385. The van der Waals surface area contributed by atoms with Crippen molar-refractivity contribution in [3.05, 3.63) is 121 Å². The van der Waals surface area contributed by atoms with E-state index in [-0.39, 0.29) is 0 Å². The van der Waals surface area contributed by atoms with E-state index in [1.54, 1.807) is 21.2 Å². The number of rotatable bonds is 12. The molecule has 0 nitrogen and oxygen atoms in total. The molecule has 0 aromatic heterocycles. The Morgan fingerprint density at radius 3 is 0.829 bits per heavy atom. The molecule has 2 aliphatic heterocycles. The molecule has 2 heterocycles. The summed E-state index contributed by atoms with van der Waals surface area (Å²) in [6.45, 7) is -4.27. The zero-order valence-electron chi connectivity index (χ0n) is 25.0. The van der Waals surface area contributed by atoms with Crippen LogP contribution >= 0.6 is 13.2 Å². The fourth-order valence-electron chi connectivity index (χ4n) is 9.28. The van der Waals surface area contributed by atoms with E-state index in [0.717, 1.165) is 0 Å². The van der Waals surface area contributed by atoms with Gasteiger partial charge in [-0.25, -0.2) is 0 Å². The molecule has 6 rings (SSSR count). The molecule has 0 aliphatic carbocycles. The van der Waals surface area contributed by atoms with Crippen molar-refractivity contribution < 1.29 is 0 Å². The molecular weight excluding hydrogens is 530 g/mol. The van der Waals surface area contributed by atoms with Gasteiger partial charge in [0.25, 0.3) is 0 Å². The maximum atomic E-state index is 2.48. The van der Waals surface area contributed by atoms with E-state index in [1.807, 2.05) is 0 Å². The summed E-state index contributed by atoms with van der Waals surface area (Å²) in [5.41, 5.74) is 0. The topological polar surface area (TPSA) is 0 Å². The average Bonchev–Trinajstić information content (AvgIpc) is 3.71. The molecule has 2 saturated heterocycles. The van der Waals surface area contributed by atoms with Gasteiger partial charge in [0, 0.05) is 0 Å². The van der Waals surface area contributed by atoms with Gasteiger partial charge in [-0.1, -0.05) is 0 Å². The minimum absolute atomic E-state index is 1.38. The van der Waals surface area contributed by atoms with Crippen molar-refractivity contribution in [1.82, 2.24) is 0 Å². The third-order valence-corrected chi connectivity index (χ3v) is 26.4. The van der Waals surface area contributed by atoms with E-state index in [2.05, 4.69) is 121 Å². The number of unbranched alkanes of at least 4 members (excludes halogenated alkanes) is 4. The van der Waals surface area contributed by atoms with Gasteiger partial charge in [-0.05, 0) is 0 Å². The van der Waals surface area contributed by atoms with E-state index in [1.165, 1.54) is 94.8 Å². The maximum absolute atomic E-state index is 2.48. The quantitative estimate of drug-likeness (QED) is 0.116. The van der Waals surface area contributed by atoms with E-state index in [0.29, 0.717) is 0 Å². The first-order chi connectivity index (χ1) is 20.2. The molecule has 0 unspecified atom stereocenters. The van der Waals surface area contributed by atoms with Gasteiger partial charge >= 0.3 is 251 Å². The van der Waals surface area contributed by atoms with Gasteiger partial charge in [0.2, 0.25) is 0 Å². The molecular formula is C39H50P2. The van der Waals surface area contributed by atoms with Crippen molar-refractivity contribution in [3.8, 4) is 0 Å². The van der Waals surface area contributed by atoms with Crippen molar-refractivity contribution in [2.45, 2.75) is 57.8 Å². The van der Waals surface area contributed by atoms with Crippen LogP contribution in [-0.2, 0) is 0 Å². The van der Waals surface area contributed by atoms with Crippen LogP contribution in [0.15, 0.2) is 121 Å². The summed E-state index contributed by atoms with van der Waals surface area (Å²) in [5, 5.41) is 6.74. The van der Waals surface area contributed by atoms with Crippen LogP contribution in [-0.4, -0.2) is 37.0 Å². The molecule has 0 N–H and O–H groups in total. The Kier molecular flexibility index (Phi) is 8.55. The van der Waals surface area contributed by atoms with Crippen LogP contribution in [0.1, 0.15) is 57.8 Å². The van der Waals surface area contributed by atoms with Crippen LogP contribution in [0.25, 0.3) is 0 Å². The molecule has 0 bridgehead atoms. The molecule has 4 aromatic carbocycles. The molecule has 0 saturated carbocycles. The summed E-state index contributed by atoms with van der Waals surface area (Å²) in [6, 6.07) is 47.0. The molecule has 0 amide bonds. The Morgan fingerprint density at radius 2 is 0.561 bits per heavy atom. The first-order valence-corrected chi connectivity index (χ1v) is 22.0. The van der Waals surface area contributed by atoms with Gasteiger partial charge in [0.1, 0.15) is 0 Å². The summed E-state index contributed by atoms with van der Waals surface area (Å²) < 4.78 is 0. The zero-order chi connectivity index (χ0) is 28.0. The normalized spacial score (nSPS) is 22.1. The van der Waals surface area contributed by atoms with Crippen LogP contribution in [0, 0.1) is 0 Å². The molecule has 216 valence electrons. The Labute approximate surface area is 249 Å². The summed E-state index contributed by atoms with van der Waals surface area (Å²) in [7, 11) is 0. The van der Waals surface area contributed by atoms with Crippen molar-refractivity contribution in [3.63, 3.8) is 0 Å². The Hall–Kier alpha value is -2.26. The Balaban J connectivity index is 1.16. The number of benzene rings is 4. The van der Waals surface area contributed by atoms with Crippen LogP contribution in [0.5, 0.6) is 0 Å². The average molecular weight is 581 g/mol. The monoisotopic (exact) mass is 580 g/mol. The van der Waals surface area contributed by atoms with Crippen molar-refractivity contribution in [2.75, 3.05) is 37.0 Å². The molecule has 2 aliphatic rings. The minimum atomic E-state index is -2.14. The van der Waals surface area contributed by atoms with Crippen LogP contribution < -0.4 is 21.2 Å². The second-order valence-electron chi connectivity index (χ2n) is 13.3. The fourth-order valence-corrected chi connectivity index (χ4v) is 24.1. The SMILES string of the molecule is c1ccc(P2(CCCCCCCP3(c4ccccc4)(c4ccccc4)CCCC3)(c3ccccc3)CCCC2)cc1. The van der Waals surface area contributed by atoms with Gasteiger partial charge in [-0.2, -0.15) is 0 Å². The van der Waals surface area contributed by atoms with Gasteiger partial charge in [0.05, 0.1) is 0 Å². The summed E-state index contributed by atoms with van der Waals surface area (Å²) in [5.74, 6) is 0. The second kappa shape index (κ2) is 12.2. The predicted octanol–water partition coefficient (Wildman–Crippen LogP) is 8.93. The second-order valence-corrected chi connectivity index (χ2v) is 25.0.